The van der Waals surface area contributed by atoms with Gasteiger partial charge in [0.1, 0.15) is 0 Å². The fourth-order valence-electron chi connectivity index (χ4n) is 2.04. The second-order valence-electron chi connectivity index (χ2n) is 5.43. The molecule has 2 rings (SSSR count). The lowest BCUT2D eigenvalue weighted by Crippen LogP contribution is -2.37. The van der Waals surface area contributed by atoms with Crippen LogP contribution in [0.3, 0.4) is 0 Å². The molecule has 0 bridgehead atoms. The molecule has 0 spiro atoms. The van der Waals surface area contributed by atoms with Gasteiger partial charge in [-0.05, 0) is 29.8 Å². The number of hydrogen-bond acceptors (Lipinski definition) is 3. The van der Waals surface area contributed by atoms with E-state index >= 15 is 0 Å². The number of benzene rings is 2. The molecule has 0 aliphatic carbocycles. The van der Waals surface area contributed by atoms with Crippen molar-refractivity contribution in [2.24, 2.45) is 0 Å². The molecule has 0 heterocycles. The van der Waals surface area contributed by atoms with Gasteiger partial charge in [0.05, 0.1) is 11.7 Å². The molecule has 3 N–H and O–H groups in total. The molecule has 0 saturated heterocycles. The lowest BCUT2D eigenvalue weighted by atomic mass is 10.1. The van der Waals surface area contributed by atoms with Gasteiger partial charge in [-0.15, -0.1) is 0 Å². The van der Waals surface area contributed by atoms with E-state index in [0.717, 1.165) is 36.4 Å². The minimum atomic E-state index is -4.52. The van der Waals surface area contributed by atoms with Crippen molar-refractivity contribution in [2.75, 3.05) is 11.9 Å². The minimum absolute atomic E-state index is 0.101. The molecule has 10 heteroatoms. The summed E-state index contributed by atoms with van der Waals surface area (Å²) in [6.07, 6.45) is -5.87. The average Bonchev–Trinajstić information content (AvgIpc) is 2.61. The molecule has 0 radical (unpaired) electrons. The summed E-state index contributed by atoms with van der Waals surface area (Å²) in [7, 11) is 0. The SMILES string of the molecule is O=C(NCC(O)c1ccc(C(F)(F)F)cc1)C(=O)Nc1ccc(F)c(F)c1. The standard InChI is InChI=1S/C17H13F5N2O3/c18-12-6-5-11(7-13(12)19)24-16(27)15(26)23-8-14(25)9-1-3-10(4-2-9)17(20,21)22/h1-7,14,25H,8H2,(H,23,26)(H,24,27). The Morgan fingerprint density at radius 1 is 0.963 bits per heavy atom. The highest BCUT2D eigenvalue weighted by molar-refractivity contribution is 6.39. The molecule has 5 nitrogen and oxygen atoms in total. The van der Waals surface area contributed by atoms with Crippen LogP contribution in [0.5, 0.6) is 0 Å². The summed E-state index contributed by atoms with van der Waals surface area (Å²) < 4.78 is 63.3. The maximum absolute atomic E-state index is 13.0. The van der Waals surface area contributed by atoms with Gasteiger partial charge in [0.15, 0.2) is 11.6 Å². The number of nitrogens with one attached hydrogen (secondary N) is 2. The minimum Gasteiger partial charge on any atom is -0.387 e. The number of aliphatic hydroxyl groups excluding tert-OH is 1. The van der Waals surface area contributed by atoms with Gasteiger partial charge in [0.25, 0.3) is 0 Å². The lowest BCUT2D eigenvalue weighted by molar-refractivity contribution is -0.137. The fraction of sp³-hybridized carbons (Fsp3) is 0.176. The van der Waals surface area contributed by atoms with Crippen LogP contribution in [0.15, 0.2) is 42.5 Å². The van der Waals surface area contributed by atoms with Crippen molar-refractivity contribution >= 4 is 17.5 Å². The van der Waals surface area contributed by atoms with E-state index in [4.69, 9.17) is 0 Å². The van der Waals surface area contributed by atoms with Crippen LogP contribution in [0, 0.1) is 11.6 Å². The lowest BCUT2D eigenvalue weighted by Gasteiger charge is -2.13. The van der Waals surface area contributed by atoms with Gasteiger partial charge < -0.3 is 15.7 Å². The predicted molar refractivity (Wildman–Crippen MR) is 84.4 cm³/mol. The van der Waals surface area contributed by atoms with E-state index in [-0.39, 0.29) is 11.3 Å². The molecule has 1 unspecified atom stereocenters. The summed E-state index contributed by atoms with van der Waals surface area (Å²) in [6, 6.07) is 6.11. The van der Waals surface area contributed by atoms with E-state index in [1.165, 1.54) is 0 Å². The van der Waals surface area contributed by atoms with Crippen LogP contribution in [0.25, 0.3) is 0 Å². The number of alkyl halides is 3. The zero-order valence-corrected chi connectivity index (χ0v) is 13.5. The molecule has 0 saturated carbocycles. The van der Waals surface area contributed by atoms with Crippen molar-refractivity contribution in [3.8, 4) is 0 Å². The number of carbonyl (C=O) groups is 2. The molecule has 0 aliphatic rings. The van der Waals surface area contributed by atoms with E-state index in [9.17, 15) is 36.6 Å². The number of halogens is 5. The number of anilines is 1. The molecule has 2 aromatic rings. The smallest absolute Gasteiger partial charge is 0.387 e. The molecule has 2 aromatic carbocycles. The summed E-state index contributed by atoms with van der Waals surface area (Å²) in [5.74, 6) is -4.71. The highest BCUT2D eigenvalue weighted by Gasteiger charge is 2.30. The summed E-state index contributed by atoms with van der Waals surface area (Å²) in [6.45, 7) is -0.449. The summed E-state index contributed by atoms with van der Waals surface area (Å²) in [5, 5.41) is 14.0. The Labute approximate surface area is 149 Å². The largest absolute Gasteiger partial charge is 0.416 e. The highest BCUT2D eigenvalue weighted by Crippen LogP contribution is 2.29. The van der Waals surface area contributed by atoms with Crippen molar-refractivity contribution in [2.45, 2.75) is 12.3 Å². The Balaban J connectivity index is 1.90. The van der Waals surface area contributed by atoms with E-state index in [2.05, 4.69) is 5.32 Å². The van der Waals surface area contributed by atoms with Gasteiger partial charge in [-0.3, -0.25) is 9.59 Å². The van der Waals surface area contributed by atoms with Crippen LogP contribution < -0.4 is 10.6 Å². The zero-order valence-electron chi connectivity index (χ0n) is 13.5. The van der Waals surface area contributed by atoms with Crippen molar-refractivity contribution in [3.05, 3.63) is 65.2 Å². The molecule has 0 aromatic heterocycles. The second kappa shape index (κ2) is 8.12. The van der Waals surface area contributed by atoms with Gasteiger partial charge in [-0.25, -0.2) is 8.78 Å². The van der Waals surface area contributed by atoms with Gasteiger partial charge in [-0.1, -0.05) is 12.1 Å². The Morgan fingerprint density at radius 3 is 2.15 bits per heavy atom. The number of amides is 2. The molecule has 1 atom stereocenters. The third-order valence-corrected chi connectivity index (χ3v) is 3.46. The first-order valence-electron chi connectivity index (χ1n) is 7.47. The summed E-state index contributed by atoms with van der Waals surface area (Å²) in [5.41, 5.74) is -0.949. The van der Waals surface area contributed by atoms with Crippen LogP contribution in [-0.2, 0) is 15.8 Å². The van der Waals surface area contributed by atoms with Crippen molar-refractivity contribution in [1.82, 2.24) is 5.32 Å². The van der Waals surface area contributed by atoms with E-state index in [0.29, 0.717) is 6.07 Å². The topological polar surface area (TPSA) is 78.4 Å². The first-order valence-corrected chi connectivity index (χ1v) is 7.47. The van der Waals surface area contributed by atoms with E-state index in [1.807, 2.05) is 5.32 Å². The first-order chi connectivity index (χ1) is 12.6. The second-order valence-corrected chi connectivity index (χ2v) is 5.43. The van der Waals surface area contributed by atoms with Crippen LogP contribution in [0.4, 0.5) is 27.6 Å². The van der Waals surface area contributed by atoms with Crippen LogP contribution in [0.2, 0.25) is 0 Å². The Kier molecular flexibility index (Phi) is 6.11. The van der Waals surface area contributed by atoms with Crippen LogP contribution >= 0.6 is 0 Å². The molecular formula is C17H13F5N2O3. The first kappa shape index (κ1) is 20.3. The van der Waals surface area contributed by atoms with Crippen molar-refractivity contribution < 1.29 is 36.6 Å². The van der Waals surface area contributed by atoms with Gasteiger partial charge in [-0.2, -0.15) is 13.2 Å². The number of hydrogen-bond donors (Lipinski definition) is 3. The maximum atomic E-state index is 13.0. The monoisotopic (exact) mass is 388 g/mol. The number of carbonyl (C=O) groups excluding carboxylic acids is 2. The third-order valence-electron chi connectivity index (χ3n) is 3.46. The maximum Gasteiger partial charge on any atom is 0.416 e. The zero-order chi connectivity index (χ0) is 20.2. The van der Waals surface area contributed by atoms with Crippen molar-refractivity contribution in [1.29, 1.82) is 0 Å². The third kappa shape index (κ3) is 5.48. The molecule has 0 aliphatic heterocycles. The van der Waals surface area contributed by atoms with E-state index < -0.39 is 47.8 Å². The van der Waals surface area contributed by atoms with Gasteiger partial charge >= 0.3 is 18.0 Å². The summed E-state index contributed by atoms with van der Waals surface area (Å²) >= 11 is 0. The fourth-order valence-corrected chi connectivity index (χ4v) is 2.04. The molecule has 2 amide bonds. The summed E-state index contributed by atoms with van der Waals surface area (Å²) in [4.78, 5) is 23.3. The molecular weight excluding hydrogens is 375 g/mol. The van der Waals surface area contributed by atoms with Gasteiger partial charge in [0, 0.05) is 18.3 Å². The molecule has 27 heavy (non-hydrogen) atoms. The quantitative estimate of drug-likeness (QED) is 0.557. The normalized spacial score (nSPS) is 12.4. The Bertz CT molecular complexity index is 837. The van der Waals surface area contributed by atoms with Crippen molar-refractivity contribution in [3.63, 3.8) is 0 Å². The van der Waals surface area contributed by atoms with Crippen LogP contribution in [-0.4, -0.2) is 23.5 Å². The predicted octanol–water partition coefficient (Wildman–Crippen LogP) is 2.77. The van der Waals surface area contributed by atoms with Crippen LogP contribution in [0.1, 0.15) is 17.2 Å². The van der Waals surface area contributed by atoms with E-state index in [1.54, 1.807) is 0 Å². The molecule has 0 fully saturated rings. The Morgan fingerprint density at radius 2 is 1.59 bits per heavy atom. The number of rotatable bonds is 4. The van der Waals surface area contributed by atoms with Gasteiger partial charge in [0.2, 0.25) is 0 Å². The average molecular weight is 388 g/mol. The Hall–Kier alpha value is -3.01. The highest BCUT2D eigenvalue weighted by atomic mass is 19.4. The molecule has 144 valence electrons. The number of aliphatic hydroxyl groups is 1.